The quantitative estimate of drug-likeness (QED) is 0.583. The standard InChI is InChI=1S/C10H12N2/c1-10(2,3)8-5-4-6-12-9(8)7-11/h4-6H,1-3H3. The SMILES string of the molecule is CC(C)(C)c1cccnc1C#N. The van der Waals surface area contributed by atoms with Gasteiger partial charge in [-0.25, -0.2) is 4.98 Å². The molecule has 1 aromatic heterocycles. The Morgan fingerprint density at radius 1 is 1.42 bits per heavy atom. The molecule has 0 saturated carbocycles. The van der Waals surface area contributed by atoms with E-state index in [1.807, 2.05) is 12.1 Å². The Balaban J connectivity index is 3.26. The van der Waals surface area contributed by atoms with Gasteiger partial charge in [0.05, 0.1) is 0 Å². The van der Waals surface area contributed by atoms with Crippen LogP contribution in [-0.2, 0) is 5.41 Å². The molecule has 0 aliphatic rings. The third-order valence-electron chi connectivity index (χ3n) is 1.72. The van der Waals surface area contributed by atoms with E-state index in [2.05, 4.69) is 31.8 Å². The molecule has 1 heterocycles. The fourth-order valence-electron chi connectivity index (χ4n) is 1.10. The summed E-state index contributed by atoms with van der Waals surface area (Å²) in [4.78, 5) is 4.00. The molecule has 2 heteroatoms. The van der Waals surface area contributed by atoms with Crippen molar-refractivity contribution >= 4 is 0 Å². The first kappa shape index (κ1) is 8.73. The van der Waals surface area contributed by atoms with Crippen molar-refractivity contribution in [2.45, 2.75) is 26.2 Å². The molecular formula is C10H12N2. The molecular weight excluding hydrogens is 148 g/mol. The molecule has 1 aromatic rings. The Labute approximate surface area is 72.9 Å². The molecule has 0 aliphatic carbocycles. The normalized spacial score (nSPS) is 10.8. The van der Waals surface area contributed by atoms with Gasteiger partial charge in [-0.15, -0.1) is 0 Å². The number of hydrogen-bond acceptors (Lipinski definition) is 2. The third kappa shape index (κ3) is 1.62. The van der Waals surface area contributed by atoms with Crippen molar-refractivity contribution in [1.82, 2.24) is 4.98 Å². The number of nitriles is 1. The van der Waals surface area contributed by atoms with Crippen LogP contribution in [0.15, 0.2) is 18.3 Å². The van der Waals surface area contributed by atoms with E-state index >= 15 is 0 Å². The summed E-state index contributed by atoms with van der Waals surface area (Å²) in [7, 11) is 0. The summed E-state index contributed by atoms with van der Waals surface area (Å²) >= 11 is 0. The predicted octanol–water partition coefficient (Wildman–Crippen LogP) is 2.25. The summed E-state index contributed by atoms with van der Waals surface area (Å²) in [5, 5.41) is 8.77. The highest BCUT2D eigenvalue weighted by Gasteiger charge is 2.17. The molecule has 12 heavy (non-hydrogen) atoms. The number of aromatic nitrogens is 1. The minimum atomic E-state index is -0.000671. The lowest BCUT2D eigenvalue weighted by Gasteiger charge is -2.18. The molecule has 0 aliphatic heterocycles. The first-order chi connectivity index (χ1) is 5.55. The van der Waals surface area contributed by atoms with Crippen molar-refractivity contribution in [3.8, 4) is 6.07 Å². The molecule has 0 spiro atoms. The van der Waals surface area contributed by atoms with Crippen LogP contribution in [0.25, 0.3) is 0 Å². The Hall–Kier alpha value is -1.36. The van der Waals surface area contributed by atoms with Crippen LogP contribution in [0.1, 0.15) is 32.0 Å². The second-order valence-corrected chi connectivity index (χ2v) is 3.76. The van der Waals surface area contributed by atoms with E-state index < -0.39 is 0 Å². The van der Waals surface area contributed by atoms with Gasteiger partial charge in [-0.05, 0) is 17.0 Å². The van der Waals surface area contributed by atoms with E-state index in [0.29, 0.717) is 5.69 Å². The maximum absolute atomic E-state index is 8.77. The molecule has 0 amide bonds. The lowest BCUT2D eigenvalue weighted by molar-refractivity contribution is 0.585. The zero-order valence-electron chi connectivity index (χ0n) is 7.63. The summed E-state index contributed by atoms with van der Waals surface area (Å²) in [5.41, 5.74) is 1.54. The third-order valence-corrected chi connectivity index (χ3v) is 1.72. The van der Waals surface area contributed by atoms with Crippen molar-refractivity contribution in [1.29, 1.82) is 5.26 Å². The van der Waals surface area contributed by atoms with E-state index in [1.54, 1.807) is 6.20 Å². The second-order valence-electron chi connectivity index (χ2n) is 3.76. The molecule has 2 nitrogen and oxygen atoms in total. The first-order valence-corrected chi connectivity index (χ1v) is 3.91. The van der Waals surface area contributed by atoms with Gasteiger partial charge >= 0.3 is 0 Å². The predicted molar refractivity (Wildman–Crippen MR) is 47.7 cm³/mol. The highest BCUT2D eigenvalue weighted by Crippen LogP contribution is 2.23. The van der Waals surface area contributed by atoms with Gasteiger partial charge in [0.15, 0.2) is 0 Å². The van der Waals surface area contributed by atoms with Gasteiger partial charge in [-0.2, -0.15) is 5.26 Å². The van der Waals surface area contributed by atoms with Crippen LogP contribution < -0.4 is 0 Å². The highest BCUT2D eigenvalue weighted by atomic mass is 14.7. The van der Waals surface area contributed by atoms with Crippen LogP contribution in [0.5, 0.6) is 0 Å². The summed E-state index contributed by atoms with van der Waals surface area (Å²) in [6.45, 7) is 6.22. The zero-order chi connectivity index (χ0) is 9.19. The molecule has 1 rings (SSSR count). The first-order valence-electron chi connectivity index (χ1n) is 3.91. The van der Waals surface area contributed by atoms with Crippen LogP contribution in [0.4, 0.5) is 0 Å². The smallest absolute Gasteiger partial charge is 0.144 e. The zero-order valence-corrected chi connectivity index (χ0v) is 7.63. The number of hydrogen-bond donors (Lipinski definition) is 0. The van der Waals surface area contributed by atoms with Crippen LogP contribution in [0, 0.1) is 11.3 Å². The van der Waals surface area contributed by atoms with Gasteiger partial charge in [0.2, 0.25) is 0 Å². The Morgan fingerprint density at radius 2 is 2.08 bits per heavy atom. The van der Waals surface area contributed by atoms with Crippen molar-refractivity contribution in [3.05, 3.63) is 29.6 Å². The number of nitrogens with zero attached hydrogens (tertiary/aromatic N) is 2. The topological polar surface area (TPSA) is 36.7 Å². The van der Waals surface area contributed by atoms with Gasteiger partial charge in [0, 0.05) is 6.20 Å². The molecule has 0 fully saturated rings. The van der Waals surface area contributed by atoms with E-state index in [4.69, 9.17) is 5.26 Å². The molecule has 0 saturated heterocycles. The molecule has 0 unspecified atom stereocenters. The van der Waals surface area contributed by atoms with Gasteiger partial charge < -0.3 is 0 Å². The monoisotopic (exact) mass is 160 g/mol. The highest BCUT2D eigenvalue weighted by molar-refractivity contribution is 5.35. The maximum atomic E-state index is 8.77. The Morgan fingerprint density at radius 3 is 2.50 bits per heavy atom. The molecule has 62 valence electrons. The minimum Gasteiger partial charge on any atom is -0.245 e. The van der Waals surface area contributed by atoms with Crippen LogP contribution >= 0.6 is 0 Å². The van der Waals surface area contributed by atoms with Gasteiger partial charge in [-0.3, -0.25) is 0 Å². The summed E-state index contributed by atoms with van der Waals surface area (Å²) in [6, 6.07) is 5.90. The van der Waals surface area contributed by atoms with E-state index in [1.165, 1.54) is 0 Å². The van der Waals surface area contributed by atoms with Gasteiger partial charge in [0.25, 0.3) is 0 Å². The van der Waals surface area contributed by atoms with Crippen LogP contribution in [-0.4, -0.2) is 4.98 Å². The average molecular weight is 160 g/mol. The van der Waals surface area contributed by atoms with Crippen molar-refractivity contribution in [3.63, 3.8) is 0 Å². The summed E-state index contributed by atoms with van der Waals surface area (Å²) < 4.78 is 0. The molecule has 0 atom stereocenters. The van der Waals surface area contributed by atoms with E-state index in [9.17, 15) is 0 Å². The summed E-state index contributed by atoms with van der Waals surface area (Å²) in [6.07, 6.45) is 1.65. The minimum absolute atomic E-state index is 0.000671. The van der Waals surface area contributed by atoms with Crippen molar-refractivity contribution in [2.24, 2.45) is 0 Å². The van der Waals surface area contributed by atoms with Crippen molar-refractivity contribution in [2.75, 3.05) is 0 Å². The molecule has 0 bridgehead atoms. The number of rotatable bonds is 0. The van der Waals surface area contributed by atoms with E-state index in [0.717, 1.165) is 5.56 Å². The van der Waals surface area contributed by atoms with Crippen LogP contribution in [0.2, 0.25) is 0 Å². The number of pyridine rings is 1. The maximum Gasteiger partial charge on any atom is 0.144 e. The largest absolute Gasteiger partial charge is 0.245 e. The summed E-state index contributed by atoms with van der Waals surface area (Å²) in [5.74, 6) is 0. The molecule has 0 aromatic carbocycles. The van der Waals surface area contributed by atoms with Crippen LogP contribution in [0.3, 0.4) is 0 Å². The van der Waals surface area contributed by atoms with Crippen molar-refractivity contribution < 1.29 is 0 Å². The second kappa shape index (κ2) is 2.94. The lowest BCUT2D eigenvalue weighted by Crippen LogP contribution is -2.13. The van der Waals surface area contributed by atoms with Gasteiger partial charge in [0.1, 0.15) is 11.8 Å². The Bertz CT molecular complexity index is 315. The lowest BCUT2D eigenvalue weighted by atomic mass is 9.86. The van der Waals surface area contributed by atoms with Gasteiger partial charge in [-0.1, -0.05) is 26.8 Å². The Kier molecular flexibility index (Phi) is 2.14. The average Bonchev–Trinajstić information content (AvgIpc) is 2.03. The molecule has 0 radical (unpaired) electrons. The fourth-order valence-corrected chi connectivity index (χ4v) is 1.10. The fraction of sp³-hybridized carbons (Fsp3) is 0.400. The molecule has 0 N–H and O–H groups in total. The van der Waals surface area contributed by atoms with E-state index in [-0.39, 0.29) is 5.41 Å².